The van der Waals surface area contributed by atoms with Crippen LogP contribution in [0.5, 0.6) is 5.75 Å². The van der Waals surface area contributed by atoms with Crippen molar-refractivity contribution >= 4 is 23.1 Å². The highest BCUT2D eigenvalue weighted by atomic mass is 16.5. The van der Waals surface area contributed by atoms with Gasteiger partial charge < -0.3 is 4.74 Å². The van der Waals surface area contributed by atoms with Crippen LogP contribution in [-0.4, -0.2) is 18.3 Å². The van der Waals surface area contributed by atoms with E-state index in [0.29, 0.717) is 11.3 Å². The summed E-state index contributed by atoms with van der Waals surface area (Å²) in [4.78, 5) is 23.9. The van der Waals surface area contributed by atoms with Gasteiger partial charge in [-0.2, -0.15) is 0 Å². The standard InChI is InChI=1S/C22H20N2O3/c1-17(25)18-9-8-14-21(15-18)27-16-22(26)23-24(19-10-4-2-5-11-19)20-12-6-3-7-13-20/h2-15H,16H2,1H3,(H,23,26). The molecule has 136 valence electrons. The molecule has 3 aromatic carbocycles. The van der Waals surface area contributed by atoms with Gasteiger partial charge >= 0.3 is 0 Å². The summed E-state index contributed by atoms with van der Waals surface area (Å²) in [6.45, 7) is 1.32. The van der Waals surface area contributed by atoms with Crippen LogP contribution in [0.1, 0.15) is 17.3 Å². The van der Waals surface area contributed by atoms with Crippen LogP contribution in [0.15, 0.2) is 84.9 Å². The lowest BCUT2D eigenvalue weighted by Crippen LogP contribution is -2.41. The lowest BCUT2D eigenvalue weighted by molar-refractivity contribution is -0.123. The Morgan fingerprint density at radius 2 is 1.44 bits per heavy atom. The van der Waals surface area contributed by atoms with E-state index in [2.05, 4.69) is 5.43 Å². The third kappa shape index (κ3) is 4.95. The molecule has 0 aliphatic heterocycles. The van der Waals surface area contributed by atoms with E-state index < -0.39 is 0 Å². The molecule has 3 aromatic rings. The number of Topliss-reactive ketones (excluding diaryl/α,β-unsaturated/α-hetero) is 1. The highest BCUT2D eigenvalue weighted by molar-refractivity contribution is 5.94. The van der Waals surface area contributed by atoms with Crippen molar-refractivity contribution in [1.29, 1.82) is 0 Å². The van der Waals surface area contributed by atoms with Crippen LogP contribution in [0, 0.1) is 0 Å². The molecule has 0 aliphatic carbocycles. The van der Waals surface area contributed by atoms with E-state index in [4.69, 9.17) is 4.74 Å². The van der Waals surface area contributed by atoms with Gasteiger partial charge in [0.25, 0.3) is 5.91 Å². The number of para-hydroxylation sites is 2. The van der Waals surface area contributed by atoms with E-state index in [0.717, 1.165) is 11.4 Å². The van der Waals surface area contributed by atoms with Crippen molar-refractivity contribution in [3.05, 3.63) is 90.5 Å². The second-order valence-corrected chi connectivity index (χ2v) is 5.91. The van der Waals surface area contributed by atoms with E-state index in [9.17, 15) is 9.59 Å². The molecule has 0 saturated heterocycles. The van der Waals surface area contributed by atoms with Crippen molar-refractivity contribution < 1.29 is 14.3 Å². The van der Waals surface area contributed by atoms with Crippen LogP contribution < -0.4 is 15.2 Å². The number of ketones is 1. The summed E-state index contributed by atoms with van der Waals surface area (Å²) in [7, 11) is 0. The molecule has 5 heteroatoms. The number of nitrogens with one attached hydrogen (secondary N) is 1. The van der Waals surface area contributed by atoms with E-state index in [1.165, 1.54) is 6.92 Å². The fraction of sp³-hybridized carbons (Fsp3) is 0.0909. The minimum Gasteiger partial charge on any atom is -0.484 e. The quantitative estimate of drug-likeness (QED) is 0.508. The third-order valence-corrected chi connectivity index (χ3v) is 3.88. The second kappa shape index (κ2) is 8.67. The van der Waals surface area contributed by atoms with E-state index in [1.54, 1.807) is 29.3 Å². The molecule has 0 bridgehead atoms. The Labute approximate surface area is 158 Å². The van der Waals surface area contributed by atoms with Crippen molar-refractivity contribution in [1.82, 2.24) is 5.43 Å². The number of ether oxygens (including phenoxy) is 1. The lowest BCUT2D eigenvalue weighted by Gasteiger charge is -2.25. The molecule has 0 aromatic heterocycles. The number of carbonyl (C=O) groups is 2. The first kappa shape index (κ1) is 18.2. The highest BCUT2D eigenvalue weighted by Crippen LogP contribution is 2.22. The van der Waals surface area contributed by atoms with Crippen molar-refractivity contribution in [3.63, 3.8) is 0 Å². The number of anilines is 2. The molecule has 0 radical (unpaired) electrons. The normalized spacial score (nSPS) is 10.1. The lowest BCUT2D eigenvalue weighted by atomic mass is 10.1. The average Bonchev–Trinajstić information content (AvgIpc) is 2.72. The van der Waals surface area contributed by atoms with E-state index in [-0.39, 0.29) is 18.3 Å². The Morgan fingerprint density at radius 3 is 2.00 bits per heavy atom. The molecule has 0 spiro atoms. The summed E-state index contributed by atoms with van der Waals surface area (Å²) in [5.41, 5.74) is 5.06. The first-order valence-corrected chi connectivity index (χ1v) is 8.57. The molecule has 0 fully saturated rings. The molecule has 3 rings (SSSR count). The van der Waals surface area contributed by atoms with Crippen LogP contribution in [0.3, 0.4) is 0 Å². The van der Waals surface area contributed by atoms with Crippen LogP contribution in [0.2, 0.25) is 0 Å². The zero-order valence-electron chi connectivity index (χ0n) is 15.0. The SMILES string of the molecule is CC(=O)c1cccc(OCC(=O)NN(c2ccccc2)c2ccccc2)c1. The van der Waals surface area contributed by atoms with Gasteiger partial charge in [-0.05, 0) is 43.3 Å². The van der Waals surface area contributed by atoms with Gasteiger partial charge in [-0.1, -0.05) is 48.5 Å². The third-order valence-electron chi connectivity index (χ3n) is 3.88. The van der Waals surface area contributed by atoms with Crippen molar-refractivity contribution in [2.75, 3.05) is 11.6 Å². The van der Waals surface area contributed by atoms with Crippen LogP contribution in [-0.2, 0) is 4.79 Å². The number of rotatable bonds is 7. The summed E-state index contributed by atoms with van der Waals surface area (Å²) in [6.07, 6.45) is 0. The largest absolute Gasteiger partial charge is 0.484 e. The molecule has 5 nitrogen and oxygen atoms in total. The summed E-state index contributed by atoms with van der Waals surface area (Å²) >= 11 is 0. The van der Waals surface area contributed by atoms with Crippen LogP contribution in [0.4, 0.5) is 11.4 Å². The van der Waals surface area contributed by atoms with Gasteiger partial charge in [-0.15, -0.1) is 0 Å². The molecular weight excluding hydrogens is 340 g/mol. The smallest absolute Gasteiger partial charge is 0.276 e. The number of amides is 1. The molecule has 27 heavy (non-hydrogen) atoms. The second-order valence-electron chi connectivity index (χ2n) is 5.91. The number of benzene rings is 3. The Bertz CT molecular complexity index is 872. The molecule has 0 aliphatic rings. The molecular formula is C22H20N2O3. The Kier molecular flexibility index (Phi) is 5.84. The maximum absolute atomic E-state index is 12.4. The molecule has 1 amide bonds. The van der Waals surface area contributed by atoms with E-state index in [1.807, 2.05) is 60.7 Å². The van der Waals surface area contributed by atoms with E-state index >= 15 is 0 Å². The van der Waals surface area contributed by atoms with Gasteiger partial charge in [0.2, 0.25) is 0 Å². The Balaban J connectivity index is 1.70. The number of hydrazine groups is 1. The van der Waals surface area contributed by atoms with Crippen molar-refractivity contribution in [2.45, 2.75) is 6.92 Å². The fourth-order valence-electron chi connectivity index (χ4n) is 2.54. The van der Waals surface area contributed by atoms with Gasteiger partial charge in [0.1, 0.15) is 5.75 Å². The monoisotopic (exact) mass is 360 g/mol. The highest BCUT2D eigenvalue weighted by Gasteiger charge is 2.13. The molecule has 0 saturated carbocycles. The summed E-state index contributed by atoms with van der Waals surface area (Å²) in [5, 5.41) is 1.71. The van der Waals surface area contributed by atoms with Crippen LogP contribution >= 0.6 is 0 Å². The average molecular weight is 360 g/mol. The molecule has 1 N–H and O–H groups in total. The molecule has 0 unspecified atom stereocenters. The minimum atomic E-state index is -0.309. The number of nitrogens with zero attached hydrogens (tertiary/aromatic N) is 1. The Hall–Kier alpha value is -3.60. The molecule has 0 heterocycles. The number of hydrogen-bond donors (Lipinski definition) is 1. The Morgan fingerprint density at radius 1 is 0.852 bits per heavy atom. The van der Waals surface area contributed by atoms with Crippen molar-refractivity contribution in [2.24, 2.45) is 0 Å². The van der Waals surface area contributed by atoms with Gasteiger partial charge in [-0.3, -0.25) is 20.0 Å². The maximum atomic E-state index is 12.4. The summed E-state index contributed by atoms with van der Waals surface area (Å²) in [5.74, 6) is 0.115. The van der Waals surface area contributed by atoms with Gasteiger partial charge in [0, 0.05) is 5.56 Å². The van der Waals surface area contributed by atoms with Gasteiger partial charge in [0.05, 0.1) is 11.4 Å². The number of hydrogen-bond acceptors (Lipinski definition) is 4. The predicted octanol–water partition coefficient (Wildman–Crippen LogP) is 4.14. The first-order valence-electron chi connectivity index (χ1n) is 8.57. The first-order chi connectivity index (χ1) is 13.1. The number of carbonyl (C=O) groups excluding carboxylic acids is 2. The van der Waals surface area contributed by atoms with Gasteiger partial charge in [-0.25, -0.2) is 0 Å². The zero-order chi connectivity index (χ0) is 19.1. The van der Waals surface area contributed by atoms with Gasteiger partial charge in [0.15, 0.2) is 12.4 Å². The topological polar surface area (TPSA) is 58.6 Å². The molecule has 0 atom stereocenters. The summed E-state index contributed by atoms with van der Waals surface area (Å²) in [6, 6.07) is 25.9. The minimum absolute atomic E-state index is 0.0516. The summed E-state index contributed by atoms with van der Waals surface area (Å²) < 4.78 is 5.54. The predicted molar refractivity (Wildman–Crippen MR) is 105 cm³/mol. The maximum Gasteiger partial charge on any atom is 0.276 e. The van der Waals surface area contributed by atoms with Crippen molar-refractivity contribution in [3.8, 4) is 5.75 Å². The van der Waals surface area contributed by atoms with Crippen LogP contribution in [0.25, 0.3) is 0 Å². The fourth-order valence-corrected chi connectivity index (χ4v) is 2.54. The zero-order valence-corrected chi connectivity index (χ0v) is 15.0.